The molecule has 1 rings (SSSR count). The first-order valence-electron chi connectivity index (χ1n) is 5.70. The first-order chi connectivity index (χ1) is 8.60. The minimum atomic E-state index is -0.447. The number of amides is 1. The van der Waals surface area contributed by atoms with Crippen molar-refractivity contribution in [3.63, 3.8) is 0 Å². The van der Waals surface area contributed by atoms with Crippen molar-refractivity contribution in [3.05, 3.63) is 36.3 Å². The fourth-order valence-corrected chi connectivity index (χ4v) is 1.47. The second-order valence-electron chi connectivity index (χ2n) is 3.71. The summed E-state index contributed by atoms with van der Waals surface area (Å²) >= 11 is 0. The van der Waals surface area contributed by atoms with Gasteiger partial charge >= 0.3 is 5.97 Å². The molecule has 5 heteroatoms. The maximum absolute atomic E-state index is 12.1. The van der Waals surface area contributed by atoms with Gasteiger partial charge in [0.05, 0.1) is 12.9 Å². The Kier molecular flexibility index (Phi) is 5.17. The summed E-state index contributed by atoms with van der Waals surface area (Å²) in [4.78, 5) is 24.9. The summed E-state index contributed by atoms with van der Waals surface area (Å²) in [6.45, 7) is 7.49. The molecule has 1 heterocycles. The summed E-state index contributed by atoms with van der Waals surface area (Å²) in [7, 11) is 0. The molecule has 0 atom stereocenters. The second kappa shape index (κ2) is 6.64. The van der Waals surface area contributed by atoms with Gasteiger partial charge in [-0.25, -0.2) is 0 Å². The molecule has 0 aliphatic heterocycles. The zero-order chi connectivity index (χ0) is 13.5. The van der Waals surface area contributed by atoms with E-state index in [0.29, 0.717) is 0 Å². The van der Waals surface area contributed by atoms with Crippen LogP contribution in [0.1, 0.15) is 23.0 Å². The summed E-state index contributed by atoms with van der Waals surface area (Å²) in [5, 5.41) is 0. The van der Waals surface area contributed by atoms with E-state index < -0.39 is 5.97 Å². The number of hydrogen-bond acceptors (Lipinski definition) is 4. The molecule has 0 radical (unpaired) electrons. The van der Waals surface area contributed by atoms with E-state index in [2.05, 4.69) is 6.58 Å². The standard InChI is InChI=1S/C13H17NO4/c1-4-7-14(9-11(15)17-5-2)13(16)12-10(3)6-8-18-12/h4,6,8H,1,5,7,9H2,2-3H3. The maximum Gasteiger partial charge on any atom is 0.325 e. The topological polar surface area (TPSA) is 59.8 Å². The van der Waals surface area contributed by atoms with Crippen LogP contribution >= 0.6 is 0 Å². The fraction of sp³-hybridized carbons (Fsp3) is 0.385. The summed E-state index contributed by atoms with van der Waals surface area (Å²) in [6, 6.07) is 1.70. The predicted octanol–water partition coefficient (Wildman–Crippen LogP) is 1.78. The SMILES string of the molecule is C=CCN(CC(=O)OCC)C(=O)c1occc1C. The monoisotopic (exact) mass is 251 g/mol. The van der Waals surface area contributed by atoms with Crippen LogP contribution in [-0.4, -0.2) is 36.5 Å². The summed E-state index contributed by atoms with van der Waals surface area (Å²) in [5.74, 6) is -0.552. The highest BCUT2D eigenvalue weighted by molar-refractivity contribution is 5.94. The highest BCUT2D eigenvalue weighted by Crippen LogP contribution is 2.12. The molecule has 0 saturated heterocycles. The van der Waals surface area contributed by atoms with Crippen LogP contribution in [0.15, 0.2) is 29.4 Å². The molecular weight excluding hydrogens is 234 g/mol. The van der Waals surface area contributed by atoms with E-state index in [9.17, 15) is 9.59 Å². The third-order valence-electron chi connectivity index (χ3n) is 2.32. The van der Waals surface area contributed by atoms with Gasteiger partial charge in [-0.05, 0) is 19.9 Å². The van der Waals surface area contributed by atoms with E-state index in [1.54, 1.807) is 26.0 Å². The zero-order valence-corrected chi connectivity index (χ0v) is 10.6. The molecule has 0 aliphatic carbocycles. The van der Waals surface area contributed by atoms with Gasteiger partial charge in [-0.3, -0.25) is 9.59 Å². The lowest BCUT2D eigenvalue weighted by atomic mass is 10.2. The van der Waals surface area contributed by atoms with Gasteiger partial charge in [0.25, 0.3) is 5.91 Å². The number of furan rings is 1. The number of esters is 1. The molecular formula is C13H17NO4. The first kappa shape index (κ1) is 14.0. The van der Waals surface area contributed by atoms with E-state index in [-0.39, 0.29) is 31.4 Å². The summed E-state index contributed by atoms with van der Waals surface area (Å²) in [5.41, 5.74) is 0.734. The van der Waals surface area contributed by atoms with Gasteiger partial charge in [0.15, 0.2) is 5.76 Å². The average Bonchev–Trinajstić information content (AvgIpc) is 2.74. The third-order valence-corrected chi connectivity index (χ3v) is 2.32. The number of nitrogens with zero attached hydrogens (tertiary/aromatic N) is 1. The molecule has 1 aromatic rings. The number of ether oxygens (including phenoxy) is 1. The number of carbonyl (C=O) groups is 2. The minimum Gasteiger partial charge on any atom is -0.465 e. The Bertz CT molecular complexity index is 436. The van der Waals surface area contributed by atoms with Crippen molar-refractivity contribution in [2.45, 2.75) is 13.8 Å². The molecule has 98 valence electrons. The van der Waals surface area contributed by atoms with Crippen molar-refractivity contribution in [1.29, 1.82) is 0 Å². The third kappa shape index (κ3) is 3.48. The summed E-state index contributed by atoms with van der Waals surface area (Å²) < 4.78 is 9.94. The van der Waals surface area contributed by atoms with E-state index in [0.717, 1.165) is 5.56 Å². The Labute approximate surface area is 106 Å². The normalized spacial score (nSPS) is 9.89. The molecule has 0 aromatic carbocycles. The number of hydrogen-bond donors (Lipinski definition) is 0. The van der Waals surface area contributed by atoms with Crippen molar-refractivity contribution in [1.82, 2.24) is 4.90 Å². The van der Waals surface area contributed by atoms with Crippen LogP contribution in [0.3, 0.4) is 0 Å². The zero-order valence-electron chi connectivity index (χ0n) is 10.6. The lowest BCUT2D eigenvalue weighted by Crippen LogP contribution is -2.36. The van der Waals surface area contributed by atoms with Crippen LogP contribution in [0.4, 0.5) is 0 Å². The van der Waals surface area contributed by atoms with E-state index in [1.165, 1.54) is 11.2 Å². The van der Waals surface area contributed by atoms with Crippen molar-refractivity contribution >= 4 is 11.9 Å². The first-order valence-corrected chi connectivity index (χ1v) is 5.70. The number of rotatable bonds is 6. The Hall–Kier alpha value is -2.04. The van der Waals surface area contributed by atoms with Crippen molar-refractivity contribution in [2.75, 3.05) is 19.7 Å². The summed E-state index contributed by atoms with van der Waals surface area (Å²) in [6.07, 6.45) is 2.99. The van der Waals surface area contributed by atoms with E-state index in [4.69, 9.17) is 9.15 Å². The highest BCUT2D eigenvalue weighted by Gasteiger charge is 2.22. The van der Waals surface area contributed by atoms with E-state index in [1.807, 2.05) is 0 Å². The molecule has 0 N–H and O–H groups in total. The molecule has 0 saturated carbocycles. The Morgan fingerprint density at radius 1 is 1.56 bits per heavy atom. The molecule has 0 aliphatic rings. The molecule has 0 bridgehead atoms. The molecule has 1 aromatic heterocycles. The Morgan fingerprint density at radius 2 is 2.28 bits per heavy atom. The van der Waals surface area contributed by atoms with Gasteiger partial charge < -0.3 is 14.1 Å². The fourth-order valence-electron chi connectivity index (χ4n) is 1.47. The van der Waals surface area contributed by atoms with Gasteiger partial charge in [0.2, 0.25) is 0 Å². The van der Waals surface area contributed by atoms with Gasteiger partial charge in [-0.1, -0.05) is 6.08 Å². The molecule has 0 fully saturated rings. The van der Waals surface area contributed by atoms with Gasteiger partial charge in [0, 0.05) is 12.1 Å². The van der Waals surface area contributed by atoms with Gasteiger partial charge in [-0.15, -0.1) is 6.58 Å². The van der Waals surface area contributed by atoms with Gasteiger partial charge in [0.1, 0.15) is 6.54 Å². The molecule has 5 nitrogen and oxygen atoms in total. The van der Waals surface area contributed by atoms with E-state index >= 15 is 0 Å². The quantitative estimate of drug-likeness (QED) is 0.571. The van der Waals surface area contributed by atoms with Crippen LogP contribution in [0, 0.1) is 6.92 Å². The smallest absolute Gasteiger partial charge is 0.325 e. The molecule has 1 amide bonds. The largest absolute Gasteiger partial charge is 0.465 e. The van der Waals surface area contributed by atoms with Crippen LogP contribution < -0.4 is 0 Å². The lowest BCUT2D eigenvalue weighted by Gasteiger charge is -2.19. The number of carbonyl (C=O) groups excluding carboxylic acids is 2. The predicted molar refractivity (Wildman–Crippen MR) is 66.2 cm³/mol. The Morgan fingerprint density at radius 3 is 2.78 bits per heavy atom. The molecule has 0 spiro atoms. The Balaban J connectivity index is 2.78. The maximum atomic E-state index is 12.1. The van der Waals surface area contributed by atoms with Crippen LogP contribution in [0.5, 0.6) is 0 Å². The molecule has 18 heavy (non-hydrogen) atoms. The highest BCUT2D eigenvalue weighted by atomic mass is 16.5. The van der Waals surface area contributed by atoms with Gasteiger partial charge in [-0.2, -0.15) is 0 Å². The molecule has 0 unspecified atom stereocenters. The van der Waals surface area contributed by atoms with Crippen LogP contribution in [0.2, 0.25) is 0 Å². The lowest BCUT2D eigenvalue weighted by molar-refractivity contribution is -0.143. The minimum absolute atomic E-state index is 0.112. The number of aryl methyl sites for hydroxylation is 1. The van der Waals surface area contributed by atoms with Crippen molar-refractivity contribution in [2.24, 2.45) is 0 Å². The van der Waals surface area contributed by atoms with Crippen molar-refractivity contribution < 1.29 is 18.7 Å². The average molecular weight is 251 g/mol. The van der Waals surface area contributed by atoms with Crippen molar-refractivity contribution in [3.8, 4) is 0 Å². The second-order valence-corrected chi connectivity index (χ2v) is 3.71. The van der Waals surface area contributed by atoms with Crippen LogP contribution in [-0.2, 0) is 9.53 Å². The van der Waals surface area contributed by atoms with Crippen LogP contribution in [0.25, 0.3) is 0 Å².